The molecular formula is C23H23F2O7S2+. The lowest BCUT2D eigenvalue weighted by Crippen LogP contribution is -2.37. The monoisotopic (exact) mass is 513 g/mol. The van der Waals surface area contributed by atoms with E-state index in [0.717, 1.165) is 0 Å². The Labute approximate surface area is 198 Å². The van der Waals surface area contributed by atoms with Gasteiger partial charge in [-0.05, 0) is 37.1 Å². The standard InChI is InChI=1S/C13H13S.C10H10F2O7S/c1-14(12-8-4-2-5-9-12)13-10-6-3-7-11-13;11-9(12)20(15,16)19-10(14)18-6-3-1-4-5(2-3)8(13)17-7(4)6/h2-11H,1H3;3-7,9H,1-2H2/q+1;. The summed E-state index contributed by atoms with van der Waals surface area (Å²) in [6.07, 6.45) is 0.198. The van der Waals surface area contributed by atoms with Crippen LogP contribution in [0.4, 0.5) is 13.6 Å². The molecule has 3 aliphatic rings. The largest absolute Gasteiger partial charge is 0.524 e. The lowest BCUT2D eigenvalue weighted by molar-refractivity contribution is -0.146. The first-order valence-electron chi connectivity index (χ1n) is 10.6. The summed E-state index contributed by atoms with van der Waals surface area (Å²) in [7, 11) is -5.09. The molecule has 1 heterocycles. The molecule has 5 rings (SSSR count). The zero-order valence-corrected chi connectivity index (χ0v) is 19.7. The Morgan fingerprint density at radius 2 is 1.59 bits per heavy atom. The van der Waals surface area contributed by atoms with Gasteiger partial charge in [-0.1, -0.05) is 36.4 Å². The summed E-state index contributed by atoms with van der Waals surface area (Å²) >= 11 is 0. The second kappa shape index (κ2) is 9.91. The molecule has 2 saturated carbocycles. The van der Waals surface area contributed by atoms with Gasteiger partial charge in [-0.2, -0.15) is 17.2 Å². The molecule has 11 heteroatoms. The molecule has 34 heavy (non-hydrogen) atoms. The van der Waals surface area contributed by atoms with Gasteiger partial charge < -0.3 is 13.7 Å². The van der Waals surface area contributed by atoms with Crippen LogP contribution in [-0.4, -0.2) is 44.8 Å². The van der Waals surface area contributed by atoms with Gasteiger partial charge in [0.05, 0.1) is 16.8 Å². The number of carbonyl (C=O) groups is 2. The maximum absolute atomic E-state index is 12.0. The van der Waals surface area contributed by atoms with E-state index in [1.54, 1.807) is 0 Å². The molecule has 5 unspecified atom stereocenters. The van der Waals surface area contributed by atoms with Crippen molar-refractivity contribution < 1.29 is 40.4 Å². The van der Waals surface area contributed by atoms with Crippen LogP contribution in [0, 0.1) is 17.8 Å². The first kappa shape index (κ1) is 24.5. The molecular weight excluding hydrogens is 490 g/mol. The molecule has 182 valence electrons. The summed E-state index contributed by atoms with van der Waals surface area (Å²) in [5, 5.41) is 0. The van der Waals surface area contributed by atoms with E-state index < -0.39 is 34.2 Å². The Balaban J connectivity index is 0.000000172. The van der Waals surface area contributed by atoms with E-state index in [2.05, 4.69) is 71.1 Å². The molecule has 1 aliphatic heterocycles. The second-order valence-corrected chi connectivity index (χ2v) is 11.7. The first-order valence-corrected chi connectivity index (χ1v) is 13.7. The fraction of sp³-hybridized carbons (Fsp3) is 0.391. The van der Waals surface area contributed by atoms with E-state index in [-0.39, 0.29) is 34.6 Å². The molecule has 1 saturated heterocycles. The third-order valence-corrected chi connectivity index (χ3v) is 9.01. The van der Waals surface area contributed by atoms with Crippen molar-refractivity contribution in [1.82, 2.24) is 0 Å². The Bertz CT molecular complexity index is 1090. The minimum Gasteiger partial charge on any atom is -0.458 e. The van der Waals surface area contributed by atoms with Crippen LogP contribution < -0.4 is 0 Å². The zero-order chi connectivity index (χ0) is 24.5. The smallest absolute Gasteiger partial charge is 0.458 e. The first-order chi connectivity index (χ1) is 16.2. The number of esters is 1. The number of halogens is 2. The maximum Gasteiger partial charge on any atom is 0.524 e. The number of alkyl halides is 2. The topological polar surface area (TPSA) is 96.0 Å². The van der Waals surface area contributed by atoms with Crippen molar-refractivity contribution in [2.45, 2.75) is 40.6 Å². The Morgan fingerprint density at radius 3 is 2.12 bits per heavy atom. The normalized spacial score (nSPS) is 26.7. The predicted molar refractivity (Wildman–Crippen MR) is 119 cm³/mol. The molecule has 2 aromatic rings. The lowest BCUT2D eigenvalue weighted by Gasteiger charge is -2.24. The summed E-state index contributed by atoms with van der Waals surface area (Å²) in [4.78, 5) is 25.5. The molecule has 2 aromatic carbocycles. The molecule has 3 fully saturated rings. The molecule has 7 nitrogen and oxygen atoms in total. The molecule has 0 radical (unpaired) electrons. The number of rotatable bonds is 5. The van der Waals surface area contributed by atoms with Crippen molar-refractivity contribution in [3.05, 3.63) is 60.7 Å². The number of carbonyl (C=O) groups excluding carboxylic acids is 2. The van der Waals surface area contributed by atoms with Crippen LogP contribution in [0.3, 0.4) is 0 Å². The van der Waals surface area contributed by atoms with Gasteiger partial charge in [0, 0.05) is 11.8 Å². The van der Waals surface area contributed by atoms with Gasteiger partial charge >= 0.3 is 28.0 Å². The molecule has 0 spiro atoms. The van der Waals surface area contributed by atoms with Crippen LogP contribution >= 0.6 is 0 Å². The third-order valence-electron chi connectivity index (χ3n) is 6.24. The number of hydrogen-bond donors (Lipinski definition) is 0. The zero-order valence-electron chi connectivity index (χ0n) is 18.1. The summed E-state index contributed by atoms with van der Waals surface area (Å²) in [5.41, 5.74) is 0. The highest BCUT2D eigenvalue weighted by atomic mass is 32.2. The Hall–Kier alpha value is -2.66. The van der Waals surface area contributed by atoms with Crippen molar-refractivity contribution in [2.24, 2.45) is 17.8 Å². The molecule has 2 aliphatic carbocycles. The van der Waals surface area contributed by atoms with Crippen molar-refractivity contribution >= 4 is 33.1 Å². The van der Waals surface area contributed by atoms with Crippen LogP contribution in [0.2, 0.25) is 0 Å². The van der Waals surface area contributed by atoms with Crippen LogP contribution in [0.5, 0.6) is 0 Å². The maximum atomic E-state index is 12.0. The molecule has 0 amide bonds. The summed E-state index contributed by atoms with van der Waals surface area (Å²) in [5.74, 6) is -4.59. The van der Waals surface area contributed by atoms with E-state index in [4.69, 9.17) is 9.47 Å². The van der Waals surface area contributed by atoms with E-state index in [1.165, 1.54) is 9.79 Å². The average molecular weight is 514 g/mol. The molecule has 5 atom stereocenters. The Morgan fingerprint density at radius 1 is 1.03 bits per heavy atom. The van der Waals surface area contributed by atoms with Crippen molar-refractivity contribution in [2.75, 3.05) is 6.26 Å². The summed E-state index contributed by atoms with van der Waals surface area (Å²) in [6.45, 7) is 0. The summed E-state index contributed by atoms with van der Waals surface area (Å²) < 4.78 is 59.0. The van der Waals surface area contributed by atoms with Gasteiger partial charge in [-0.15, -0.1) is 0 Å². The van der Waals surface area contributed by atoms with Gasteiger partial charge in [0.2, 0.25) is 0 Å². The molecule has 0 aromatic heterocycles. The Kier molecular flexibility index (Phi) is 7.13. The van der Waals surface area contributed by atoms with E-state index in [0.29, 0.717) is 12.8 Å². The number of fused-ring (bicyclic) bond motifs is 1. The number of ether oxygens (including phenoxy) is 2. The lowest BCUT2D eigenvalue weighted by atomic mass is 9.88. The fourth-order valence-corrected chi connectivity index (χ4v) is 6.42. The minimum atomic E-state index is -5.29. The highest BCUT2D eigenvalue weighted by molar-refractivity contribution is 7.96. The van der Waals surface area contributed by atoms with Crippen LogP contribution in [0.1, 0.15) is 12.8 Å². The van der Waals surface area contributed by atoms with E-state index in [9.17, 15) is 26.8 Å². The highest BCUT2D eigenvalue weighted by Crippen LogP contribution is 2.55. The average Bonchev–Trinajstić information content (AvgIpc) is 3.45. The second-order valence-electron chi connectivity index (χ2n) is 8.21. The molecule has 0 N–H and O–H groups in total. The minimum absolute atomic E-state index is 0.0583. The van der Waals surface area contributed by atoms with Crippen molar-refractivity contribution in [1.29, 1.82) is 0 Å². The van der Waals surface area contributed by atoms with Crippen LogP contribution in [-0.2, 0) is 39.5 Å². The molecule has 2 bridgehead atoms. The van der Waals surface area contributed by atoms with Crippen molar-refractivity contribution in [3.8, 4) is 0 Å². The number of hydrogen-bond acceptors (Lipinski definition) is 7. The van der Waals surface area contributed by atoms with Gasteiger partial charge in [-0.25, -0.2) is 4.79 Å². The van der Waals surface area contributed by atoms with Crippen LogP contribution in [0.25, 0.3) is 0 Å². The summed E-state index contributed by atoms with van der Waals surface area (Å²) in [6, 6.07) is 21.3. The quantitative estimate of drug-likeness (QED) is 0.339. The van der Waals surface area contributed by atoms with Crippen LogP contribution in [0.15, 0.2) is 70.5 Å². The SMILES string of the molecule is C[S+](c1ccccc1)c1ccccc1.O=C(OC1C2CC3C(=O)OC1C3C2)OS(=O)(=O)C(F)F. The predicted octanol–water partition coefficient (Wildman–Crippen LogP) is 3.99. The highest BCUT2D eigenvalue weighted by Gasteiger charge is 2.63. The van der Waals surface area contributed by atoms with Gasteiger partial charge in [-0.3, -0.25) is 4.79 Å². The fourth-order valence-electron chi connectivity index (χ4n) is 4.71. The third kappa shape index (κ3) is 5.05. The van der Waals surface area contributed by atoms with Gasteiger partial charge in [0.25, 0.3) is 0 Å². The number of benzene rings is 2. The van der Waals surface area contributed by atoms with E-state index in [1.807, 2.05) is 0 Å². The van der Waals surface area contributed by atoms with E-state index >= 15 is 0 Å². The van der Waals surface area contributed by atoms with Gasteiger partial charge in [0.15, 0.2) is 9.79 Å². The van der Waals surface area contributed by atoms with Crippen molar-refractivity contribution in [3.63, 3.8) is 0 Å². The van der Waals surface area contributed by atoms with Gasteiger partial charge in [0.1, 0.15) is 18.5 Å².